The number of ether oxygens (including phenoxy) is 1. The fourth-order valence-corrected chi connectivity index (χ4v) is 9.82. The van der Waals surface area contributed by atoms with Crippen molar-refractivity contribution in [2.75, 3.05) is 4.90 Å². The number of hydrogen-bond donors (Lipinski definition) is 0. The summed E-state index contributed by atoms with van der Waals surface area (Å²) in [5.74, 6) is 6.36. The highest BCUT2D eigenvalue weighted by atomic mass is 16.5. The number of fused-ring (bicyclic) bond motifs is 10. The van der Waals surface area contributed by atoms with Crippen LogP contribution in [0.5, 0.6) is 5.75 Å². The Hall–Kier alpha value is -8.68. The van der Waals surface area contributed by atoms with Crippen LogP contribution in [0.15, 0.2) is 187 Å². The predicted octanol–water partition coefficient (Wildman–Crippen LogP) is 11.0. The fourth-order valence-electron chi connectivity index (χ4n) is 9.82. The van der Waals surface area contributed by atoms with Gasteiger partial charge in [0.25, 0.3) is 0 Å². The quantitative estimate of drug-likeness (QED) is 0.127. The molecule has 0 aliphatic carbocycles. The molecular weight excluding hydrogens is 775 g/mol. The summed E-state index contributed by atoms with van der Waals surface area (Å²) in [5.41, 5.74) is 10.5. The largest absolute Gasteiger partial charge is 0.449 e. The minimum atomic E-state index is -0.264. The number of rotatable bonds is 5. The first-order chi connectivity index (χ1) is 31.2. The number of hydrogen-bond acceptors (Lipinski definition) is 6. The zero-order valence-electron chi connectivity index (χ0n) is 33.9. The van der Waals surface area contributed by atoms with Crippen LogP contribution in [0.4, 0.5) is 17.3 Å². The van der Waals surface area contributed by atoms with Crippen LogP contribution in [-0.4, -0.2) is 40.4 Å². The first kappa shape index (κ1) is 35.1. The lowest BCUT2D eigenvalue weighted by atomic mass is 9.46. The summed E-state index contributed by atoms with van der Waals surface area (Å²) in [6, 6.07) is 56.4. The Morgan fingerprint density at radius 2 is 1.14 bits per heavy atom. The number of imidazole rings is 1. The molecule has 10 heteroatoms. The van der Waals surface area contributed by atoms with Crippen LogP contribution in [0.1, 0.15) is 6.92 Å². The van der Waals surface area contributed by atoms with Crippen LogP contribution < -0.4 is 15.1 Å². The molecule has 13 rings (SSSR count). The molecule has 11 aromatic rings. The average Bonchev–Trinajstić information content (AvgIpc) is 4.00. The number of terminal acetylenes is 1. The van der Waals surface area contributed by atoms with Gasteiger partial charge in [0.2, 0.25) is 17.8 Å². The zero-order valence-corrected chi connectivity index (χ0v) is 33.9. The lowest BCUT2D eigenvalue weighted by molar-refractivity contribution is 0.448. The van der Waals surface area contributed by atoms with Gasteiger partial charge in [-0.15, -0.1) is 6.42 Å². The molecule has 9 nitrogen and oxygen atoms in total. The van der Waals surface area contributed by atoms with Gasteiger partial charge >= 0.3 is 6.85 Å². The van der Waals surface area contributed by atoms with Crippen molar-refractivity contribution < 1.29 is 4.74 Å². The van der Waals surface area contributed by atoms with Crippen molar-refractivity contribution >= 4 is 84.3 Å². The molecule has 63 heavy (non-hydrogen) atoms. The van der Waals surface area contributed by atoms with E-state index in [0.717, 1.165) is 88.5 Å². The molecule has 4 aromatic heterocycles. The first-order valence-corrected chi connectivity index (χ1v) is 20.9. The van der Waals surface area contributed by atoms with E-state index in [2.05, 4.69) is 176 Å². The number of allylic oxidation sites excluding steroid dienone is 4. The molecule has 6 heterocycles. The van der Waals surface area contributed by atoms with Gasteiger partial charge in [0.05, 0.1) is 33.1 Å². The van der Waals surface area contributed by atoms with E-state index < -0.39 is 0 Å². The summed E-state index contributed by atoms with van der Waals surface area (Å²) >= 11 is 0. The van der Waals surface area contributed by atoms with Gasteiger partial charge in [-0.2, -0.15) is 15.0 Å². The van der Waals surface area contributed by atoms with E-state index in [1.54, 1.807) is 0 Å². The fraction of sp³-hybridized carbons (Fsp3) is 0.0189. The number of aromatic nitrogens is 7. The molecule has 0 atom stereocenters. The van der Waals surface area contributed by atoms with E-state index >= 15 is 0 Å². The Morgan fingerprint density at radius 1 is 0.587 bits per heavy atom. The SMILES string of the molecule is C#CC1=C(/C=C\C)B2c3c(cccc3N(c3cccc(-c4nc(-n5c6ccccc6c6ccccc65)nc(-n5c6ccccc6c6ccccc65)n4)c3)c3nc4ccccc4n32)O1. The summed E-state index contributed by atoms with van der Waals surface area (Å²) in [7, 11) is 0. The van der Waals surface area contributed by atoms with Gasteiger partial charge in [-0.3, -0.25) is 14.0 Å². The van der Waals surface area contributed by atoms with Gasteiger partial charge in [-0.05, 0) is 73.5 Å². The van der Waals surface area contributed by atoms with Crippen LogP contribution in [0.3, 0.4) is 0 Å². The third-order valence-corrected chi connectivity index (χ3v) is 12.4. The molecular formula is C53H33BN8O. The topological polar surface area (TPSA) is 78.8 Å². The number of benzene rings is 7. The van der Waals surface area contributed by atoms with Crippen LogP contribution in [0.2, 0.25) is 0 Å². The minimum Gasteiger partial charge on any atom is -0.449 e. The van der Waals surface area contributed by atoms with Crippen LogP contribution >= 0.6 is 0 Å². The van der Waals surface area contributed by atoms with Gasteiger partial charge in [-0.25, -0.2) is 4.98 Å². The van der Waals surface area contributed by atoms with E-state index in [-0.39, 0.29) is 6.85 Å². The highest BCUT2D eigenvalue weighted by molar-refractivity contribution is 6.83. The minimum absolute atomic E-state index is 0.264. The van der Waals surface area contributed by atoms with Crippen LogP contribution in [0.25, 0.3) is 77.9 Å². The van der Waals surface area contributed by atoms with Gasteiger partial charge in [0, 0.05) is 49.4 Å². The second kappa shape index (κ2) is 13.4. The standard InChI is InChI=1S/C53H33BN8O/c1-3-17-39-47(4-2)63-48-31-16-30-46-49(48)54(39)62-45-29-14-9-24-40(45)55-53(62)59(46)34-19-15-18-33(32-34)50-56-51(60-41-25-10-5-20-35(41)36-21-6-11-26-42(36)60)58-52(57-50)61-43-27-12-7-22-37(43)38-23-8-13-28-44(38)61/h2-3,5-32H,1H3/b17-3-. The van der Waals surface area contributed by atoms with Gasteiger partial charge < -0.3 is 9.21 Å². The molecule has 2 aliphatic rings. The van der Waals surface area contributed by atoms with Crippen LogP contribution in [-0.2, 0) is 0 Å². The van der Waals surface area contributed by atoms with E-state index in [0.29, 0.717) is 29.2 Å². The molecule has 2 aliphatic heterocycles. The normalized spacial score (nSPS) is 13.4. The molecule has 7 aromatic carbocycles. The second-order valence-corrected chi connectivity index (χ2v) is 15.8. The van der Waals surface area contributed by atoms with Gasteiger partial charge in [-0.1, -0.05) is 115 Å². The average molecular weight is 809 g/mol. The van der Waals surface area contributed by atoms with Crippen molar-refractivity contribution in [3.05, 3.63) is 187 Å². The Labute approximate surface area is 361 Å². The zero-order chi connectivity index (χ0) is 41.8. The molecule has 0 radical (unpaired) electrons. The third kappa shape index (κ3) is 5.02. The summed E-state index contributed by atoms with van der Waals surface area (Å²) in [4.78, 5) is 23.6. The summed E-state index contributed by atoms with van der Waals surface area (Å²) < 4.78 is 13.1. The maximum atomic E-state index is 6.49. The van der Waals surface area contributed by atoms with Crippen molar-refractivity contribution in [2.24, 2.45) is 0 Å². The maximum absolute atomic E-state index is 6.49. The Balaban J connectivity index is 1.07. The lowest BCUT2D eigenvalue weighted by Gasteiger charge is -2.38. The number of para-hydroxylation sites is 6. The van der Waals surface area contributed by atoms with Crippen molar-refractivity contribution in [1.29, 1.82) is 0 Å². The Morgan fingerprint density at radius 3 is 1.73 bits per heavy atom. The smallest absolute Gasteiger partial charge is 0.341 e. The van der Waals surface area contributed by atoms with E-state index in [1.165, 1.54) is 0 Å². The Bertz CT molecular complexity index is 3610. The molecule has 294 valence electrons. The first-order valence-electron chi connectivity index (χ1n) is 20.9. The Kier molecular flexibility index (Phi) is 7.48. The summed E-state index contributed by atoms with van der Waals surface area (Å²) in [6.45, 7) is 1.73. The van der Waals surface area contributed by atoms with Crippen molar-refractivity contribution in [3.8, 4) is 41.4 Å². The molecule has 0 amide bonds. The molecule has 0 spiro atoms. The molecule has 0 saturated carbocycles. The van der Waals surface area contributed by atoms with Crippen molar-refractivity contribution in [2.45, 2.75) is 6.92 Å². The van der Waals surface area contributed by atoms with Crippen molar-refractivity contribution in [1.82, 2.24) is 33.5 Å². The van der Waals surface area contributed by atoms with E-state index in [9.17, 15) is 0 Å². The lowest BCUT2D eigenvalue weighted by Crippen LogP contribution is -2.50. The summed E-state index contributed by atoms with van der Waals surface area (Å²) in [5, 5.41) is 4.50. The predicted molar refractivity (Wildman–Crippen MR) is 254 cm³/mol. The van der Waals surface area contributed by atoms with E-state index in [1.807, 2.05) is 31.2 Å². The number of nitrogens with zero attached hydrogens (tertiary/aromatic N) is 8. The molecule has 0 bridgehead atoms. The second-order valence-electron chi connectivity index (χ2n) is 15.8. The molecule has 0 unspecified atom stereocenters. The van der Waals surface area contributed by atoms with Crippen molar-refractivity contribution in [3.63, 3.8) is 0 Å². The molecule has 0 fully saturated rings. The maximum Gasteiger partial charge on any atom is 0.341 e. The van der Waals surface area contributed by atoms with Gasteiger partial charge in [0.1, 0.15) is 5.75 Å². The van der Waals surface area contributed by atoms with E-state index in [4.69, 9.17) is 31.1 Å². The molecule has 0 N–H and O–H groups in total. The highest BCUT2D eigenvalue weighted by Gasteiger charge is 2.44. The third-order valence-electron chi connectivity index (χ3n) is 12.4. The monoisotopic (exact) mass is 808 g/mol. The highest BCUT2D eigenvalue weighted by Crippen LogP contribution is 2.44. The number of anilines is 3. The summed E-state index contributed by atoms with van der Waals surface area (Å²) in [6.07, 6.45) is 10.2. The molecule has 0 saturated heterocycles. The van der Waals surface area contributed by atoms with Crippen LogP contribution in [0, 0.1) is 12.3 Å². The van der Waals surface area contributed by atoms with Gasteiger partial charge in [0.15, 0.2) is 11.6 Å².